The summed E-state index contributed by atoms with van der Waals surface area (Å²) in [6, 6.07) is 11.6. The molecule has 0 fully saturated rings. The van der Waals surface area contributed by atoms with Gasteiger partial charge in [-0.2, -0.15) is 0 Å². The normalized spacial score (nSPS) is 17.4. The van der Waals surface area contributed by atoms with Gasteiger partial charge in [0, 0.05) is 59.6 Å². The Kier molecular flexibility index (Phi) is 4.75. The lowest BCUT2D eigenvalue weighted by Gasteiger charge is -2.20. The zero-order valence-electron chi connectivity index (χ0n) is 18.0. The molecule has 0 bridgehead atoms. The molecule has 0 amide bonds. The molecule has 1 aromatic carbocycles. The fourth-order valence-corrected chi connectivity index (χ4v) is 5.73. The number of nitrogens with one attached hydrogen (secondary N) is 1. The molecule has 1 N–H and O–H groups in total. The first kappa shape index (κ1) is 20.0. The molecule has 160 valence electrons. The van der Waals surface area contributed by atoms with Crippen LogP contribution in [0.25, 0.3) is 27.5 Å². The van der Waals surface area contributed by atoms with Crippen LogP contribution >= 0.6 is 0 Å². The van der Waals surface area contributed by atoms with E-state index in [1.54, 1.807) is 18.3 Å². The molecule has 3 aromatic heterocycles. The first-order valence-electron chi connectivity index (χ1n) is 10.6. The lowest BCUT2D eigenvalue weighted by atomic mass is 9.96. The van der Waals surface area contributed by atoms with Crippen molar-refractivity contribution in [2.45, 2.75) is 37.6 Å². The minimum Gasteiger partial charge on any atom is -0.351 e. The molecule has 0 aliphatic carbocycles. The van der Waals surface area contributed by atoms with Gasteiger partial charge in [-0.25, -0.2) is 17.4 Å². The van der Waals surface area contributed by atoms with Crippen molar-refractivity contribution < 1.29 is 8.42 Å². The zero-order valence-corrected chi connectivity index (χ0v) is 18.8. The van der Waals surface area contributed by atoms with Gasteiger partial charge in [-0.3, -0.25) is 0 Å². The van der Waals surface area contributed by atoms with Gasteiger partial charge in [0.2, 0.25) is 0 Å². The zero-order chi connectivity index (χ0) is 21.8. The minimum absolute atomic E-state index is 0.269. The second kappa shape index (κ2) is 7.35. The summed E-state index contributed by atoms with van der Waals surface area (Å²) in [6.45, 7) is 4.95. The molecule has 1 aliphatic heterocycles. The third kappa shape index (κ3) is 3.28. The maximum Gasteiger partial charge on any atom is 0.269 e. The molecule has 0 saturated heterocycles. The van der Waals surface area contributed by atoms with Crippen LogP contribution in [0.15, 0.2) is 59.8 Å². The van der Waals surface area contributed by atoms with Gasteiger partial charge in [0.05, 0.1) is 4.90 Å². The average molecular weight is 435 g/mol. The van der Waals surface area contributed by atoms with E-state index in [1.807, 2.05) is 49.0 Å². The van der Waals surface area contributed by atoms with Crippen LogP contribution < -0.4 is 5.32 Å². The lowest BCUT2D eigenvalue weighted by Crippen LogP contribution is -2.29. The highest BCUT2D eigenvalue weighted by molar-refractivity contribution is 7.90. The summed E-state index contributed by atoms with van der Waals surface area (Å²) in [5, 5.41) is 5.19. The number of rotatable bonds is 4. The predicted molar refractivity (Wildman–Crippen MR) is 125 cm³/mol. The Morgan fingerprint density at radius 3 is 2.81 bits per heavy atom. The topological polar surface area (TPSA) is 68.9 Å². The number of hydrogen-bond donors (Lipinski definition) is 1. The van der Waals surface area contributed by atoms with Crippen molar-refractivity contribution >= 4 is 37.5 Å². The summed E-state index contributed by atoms with van der Waals surface area (Å²) >= 11 is 0. The number of aromatic nitrogens is 3. The van der Waals surface area contributed by atoms with E-state index in [9.17, 15) is 8.42 Å². The molecule has 5 rings (SSSR count). The maximum atomic E-state index is 13.7. The van der Waals surface area contributed by atoms with Crippen LogP contribution in [0.2, 0.25) is 0 Å². The van der Waals surface area contributed by atoms with Crippen LogP contribution in [0.3, 0.4) is 0 Å². The Labute approximate surface area is 182 Å². The van der Waals surface area contributed by atoms with Gasteiger partial charge >= 0.3 is 0 Å². The number of pyridine rings is 1. The van der Waals surface area contributed by atoms with Gasteiger partial charge in [0.15, 0.2) is 5.65 Å². The second-order valence-electron chi connectivity index (χ2n) is 8.26. The maximum absolute atomic E-state index is 13.7. The second-order valence-corrected chi connectivity index (χ2v) is 10.1. The largest absolute Gasteiger partial charge is 0.351 e. The van der Waals surface area contributed by atoms with Gasteiger partial charge in [-0.05, 0) is 61.7 Å². The predicted octanol–water partition coefficient (Wildman–Crippen LogP) is 4.09. The summed E-state index contributed by atoms with van der Waals surface area (Å²) in [7, 11) is -1.85. The number of fused-ring (bicyclic) bond motifs is 2. The quantitative estimate of drug-likeness (QED) is 0.525. The average Bonchev–Trinajstić information content (AvgIpc) is 3.34. The van der Waals surface area contributed by atoms with Crippen molar-refractivity contribution in [2.75, 3.05) is 6.54 Å². The monoisotopic (exact) mass is 434 g/mol. The summed E-state index contributed by atoms with van der Waals surface area (Å²) in [4.78, 5) is 4.99. The van der Waals surface area contributed by atoms with E-state index in [0.29, 0.717) is 11.7 Å². The van der Waals surface area contributed by atoms with Crippen LogP contribution in [0.1, 0.15) is 31.5 Å². The molecule has 6 nitrogen and oxygen atoms in total. The fraction of sp³-hybridized carbons (Fsp3) is 0.292. The van der Waals surface area contributed by atoms with Gasteiger partial charge in [0.25, 0.3) is 10.0 Å². The smallest absolute Gasteiger partial charge is 0.269 e. The molecule has 0 saturated carbocycles. The molecule has 0 radical (unpaired) electrons. The van der Waals surface area contributed by atoms with E-state index in [-0.39, 0.29) is 4.90 Å². The van der Waals surface area contributed by atoms with Crippen molar-refractivity contribution in [1.82, 2.24) is 18.8 Å². The van der Waals surface area contributed by atoms with Crippen LogP contribution in [0.5, 0.6) is 0 Å². The van der Waals surface area contributed by atoms with E-state index in [1.165, 1.54) is 3.97 Å². The number of nitrogens with zero attached hydrogens (tertiary/aromatic N) is 3. The van der Waals surface area contributed by atoms with Gasteiger partial charge in [-0.1, -0.05) is 13.0 Å². The van der Waals surface area contributed by atoms with Crippen LogP contribution in [-0.4, -0.2) is 34.5 Å². The molecule has 1 unspecified atom stereocenters. The highest BCUT2D eigenvalue weighted by Gasteiger charge is 2.25. The number of hydrogen-bond acceptors (Lipinski definition) is 4. The third-order valence-corrected chi connectivity index (χ3v) is 7.79. The van der Waals surface area contributed by atoms with E-state index in [0.717, 1.165) is 52.5 Å². The summed E-state index contributed by atoms with van der Waals surface area (Å²) in [5.74, 6) is 0. The molecule has 4 heterocycles. The van der Waals surface area contributed by atoms with Crippen molar-refractivity contribution in [1.29, 1.82) is 0 Å². The first-order valence-corrected chi connectivity index (χ1v) is 12.1. The highest BCUT2D eigenvalue weighted by atomic mass is 32.2. The SMILES string of the molecule is CCc1ccc2c(C3=CCNC(C)C3)cn(S(=O)(=O)c3ccc4c(ccn4C)c3)c2n1. The van der Waals surface area contributed by atoms with Gasteiger partial charge < -0.3 is 9.88 Å². The van der Waals surface area contributed by atoms with Crippen LogP contribution in [0, 0.1) is 0 Å². The Morgan fingerprint density at radius 1 is 1.19 bits per heavy atom. The standard InChI is InChI=1S/C24H26N4O2S/c1-4-19-5-7-21-22(17-9-11-25-16(2)13-17)15-28(24(21)26-19)31(29,30)20-6-8-23-18(14-20)10-12-27(23)3/h5-10,12,14-16,25H,4,11,13H2,1-3H3. The third-order valence-electron chi connectivity index (χ3n) is 6.14. The number of aryl methyl sites for hydroxylation is 2. The Balaban J connectivity index is 1.73. The van der Waals surface area contributed by atoms with E-state index < -0.39 is 10.0 Å². The molecule has 1 atom stereocenters. The first-order chi connectivity index (χ1) is 14.9. The van der Waals surface area contributed by atoms with E-state index >= 15 is 0 Å². The van der Waals surface area contributed by atoms with Crippen LogP contribution in [-0.2, 0) is 23.5 Å². The Hall–Kier alpha value is -2.90. The summed E-state index contributed by atoms with van der Waals surface area (Å²) in [5.41, 5.74) is 4.48. The lowest BCUT2D eigenvalue weighted by molar-refractivity contribution is 0.579. The number of benzene rings is 1. The van der Waals surface area contributed by atoms with E-state index in [2.05, 4.69) is 18.3 Å². The Bertz CT molecular complexity index is 1440. The van der Waals surface area contributed by atoms with E-state index in [4.69, 9.17) is 4.98 Å². The molecule has 0 spiro atoms. The van der Waals surface area contributed by atoms with Crippen molar-refractivity contribution in [2.24, 2.45) is 7.05 Å². The highest BCUT2D eigenvalue weighted by Crippen LogP contribution is 2.33. The van der Waals surface area contributed by atoms with Crippen molar-refractivity contribution in [3.05, 3.63) is 66.1 Å². The molecule has 7 heteroatoms. The molecular formula is C24H26N4O2S. The minimum atomic E-state index is -3.80. The molecular weight excluding hydrogens is 408 g/mol. The van der Waals surface area contributed by atoms with Crippen molar-refractivity contribution in [3.8, 4) is 0 Å². The molecule has 31 heavy (non-hydrogen) atoms. The molecule has 4 aromatic rings. The fourth-order valence-electron chi connectivity index (χ4n) is 4.37. The molecule has 1 aliphatic rings. The summed E-state index contributed by atoms with van der Waals surface area (Å²) in [6.07, 6.45) is 7.44. The summed E-state index contributed by atoms with van der Waals surface area (Å²) < 4.78 is 30.8. The van der Waals surface area contributed by atoms with Crippen LogP contribution in [0.4, 0.5) is 0 Å². The Morgan fingerprint density at radius 2 is 2.03 bits per heavy atom. The van der Waals surface area contributed by atoms with Gasteiger partial charge in [0.1, 0.15) is 0 Å². The van der Waals surface area contributed by atoms with Crippen molar-refractivity contribution in [3.63, 3.8) is 0 Å². The van der Waals surface area contributed by atoms with Gasteiger partial charge in [-0.15, -0.1) is 0 Å².